The molecular formula is C17H15F2NO4. The Morgan fingerprint density at radius 3 is 2.38 bits per heavy atom. The zero-order valence-corrected chi connectivity index (χ0v) is 12.8. The molecule has 1 atom stereocenters. The van der Waals surface area contributed by atoms with Crippen LogP contribution in [0.1, 0.15) is 28.4 Å². The fourth-order valence-electron chi connectivity index (χ4n) is 2.17. The normalized spacial score (nSPS) is 11.6. The second kappa shape index (κ2) is 7.54. The third-order valence-corrected chi connectivity index (χ3v) is 3.38. The lowest BCUT2D eigenvalue weighted by Gasteiger charge is -2.18. The minimum absolute atomic E-state index is 0.361. The standard InChI is InChI=1S/C17H15F2NO4/c1-24-12-5-2-10(3-6-12)15(9-16(21)22)20-17(23)13-7-4-11(18)8-14(13)19/h2-8,15H,9H2,1H3,(H,20,23)(H,21,22)/t15-/m1/s1. The first kappa shape index (κ1) is 17.4. The molecule has 0 radical (unpaired) electrons. The highest BCUT2D eigenvalue weighted by Crippen LogP contribution is 2.21. The summed E-state index contributed by atoms with van der Waals surface area (Å²) in [5, 5.41) is 11.5. The molecule has 1 amide bonds. The van der Waals surface area contributed by atoms with E-state index in [1.54, 1.807) is 24.3 Å². The number of ether oxygens (including phenoxy) is 1. The van der Waals surface area contributed by atoms with Crippen molar-refractivity contribution in [1.29, 1.82) is 0 Å². The number of carboxylic acid groups (broad SMARTS) is 1. The fourth-order valence-corrected chi connectivity index (χ4v) is 2.17. The van der Waals surface area contributed by atoms with Gasteiger partial charge in [0, 0.05) is 6.07 Å². The largest absolute Gasteiger partial charge is 0.497 e. The van der Waals surface area contributed by atoms with Crippen molar-refractivity contribution in [2.24, 2.45) is 0 Å². The molecule has 0 spiro atoms. The molecule has 0 saturated carbocycles. The van der Waals surface area contributed by atoms with Crippen LogP contribution in [0.4, 0.5) is 8.78 Å². The van der Waals surface area contributed by atoms with Crippen LogP contribution in [-0.2, 0) is 4.79 Å². The van der Waals surface area contributed by atoms with E-state index in [4.69, 9.17) is 9.84 Å². The number of aliphatic carboxylic acids is 1. The van der Waals surface area contributed by atoms with Crippen molar-refractivity contribution in [2.45, 2.75) is 12.5 Å². The predicted octanol–water partition coefficient (Wildman–Crippen LogP) is 2.92. The van der Waals surface area contributed by atoms with Gasteiger partial charge < -0.3 is 15.2 Å². The maximum absolute atomic E-state index is 13.7. The van der Waals surface area contributed by atoms with Crippen LogP contribution in [0.15, 0.2) is 42.5 Å². The third kappa shape index (κ3) is 4.28. The number of benzene rings is 2. The van der Waals surface area contributed by atoms with Crippen LogP contribution in [0.5, 0.6) is 5.75 Å². The van der Waals surface area contributed by atoms with Gasteiger partial charge in [-0.3, -0.25) is 9.59 Å². The van der Waals surface area contributed by atoms with Crippen LogP contribution in [0.25, 0.3) is 0 Å². The smallest absolute Gasteiger partial charge is 0.305 e. The Morgan fingerprint density at radius 2 is 1.83 bits per heavy atom. The number of carbonyl (C=O) groups is 2. The molecule has 2 aromatic carbocycles. The Morgan fingerprint density at radius 1 is 1.17 bits per heavy atom. The predicted molar refractivity (Wildman–Crippen MR) is 81.8 cm³/mol. The molecule has 0 aliphatic carbocycles. The number of carboxylic acids is 1. The summed E-state index contributed by atoms with van der Waals surface area (Å²) in [7, 11) is 1.49. The highest BCUT2D eigenvalue weighted by Gasteiger charge is 2.21. The van der Waals surface area contributed by atoms with Gasteiger partial charge >= 0.3 is 5.97 Å². The number of hydrogen-bond acceptors (Lipinski definition) is 3. The lowest BCUT2D eigenvalue weighted by atomic mass is 10.0. The first-order valence-corrected chi connectivity index (χ1v) is 7.02. The van der Waals surface area contributed by atoms with Crippen molar-refractivity contribution in [2.75, 3.05) is 7.11 Å². The zero-order valence-electron chi connectivity index (χ0n) is 12.8. The molecule has 0 saturated heterocycles. The molecule has 2 N–H and O–H groups in total. The van der Waals surface area contributed by atoms with Crippen LogP contribution in [0.3, 0.4) is 0 Å². The van der Waals surface area contributed by atoms with E-state index in [1.807, 2.05) is 0 Å². The lowest BCUT2D eigenvalue weighted by molar-refractivity contribution is -0.137. The van der Waals surface area contributed by atoms with E-state index in [9.17, 15) is 18.4 Å². The van der Waals surface area contributed by atoms with E-state index < -0.39 is 29.6 Å². The minimum Gasteiger partial charge on any atom is -0.497 e. The monoisotopic (exact) mass is 335 g/mol. The topological polar surface area (TPSA) is 75.6 Å². The van der Waals surface area contributed by atoms with Crippen LogP contribution in [0.2, 0.25) is 0 Å². The van der Waals surface area contributed by atoms with Crippen LogP contribution in [-0.4, -0.2) is 24.1 Å². The molecule has 0 aliphatic rings. The molecule has 0 fully saturated rings. The second-order valence-corrected chi connectivity index (χ2v) is 5.02. The van der Waals surface area contributed by atoms with E-state index in [2.05, 4.69) is 5.32 Å². The van der Waals surface area contributed by atoms with Crippen molar-refractivity contribution >= 4 is 11.9 Å². The first-order valence-electron chi connectivity index (χ1n) is 7.02. The molecule has 0 aromatic heterocycles. The highest BCUT2D eigenvalue weighted by molar-refractivity contribution is 5.95. The summed E-state index contributed by atoms with van der Waals surface area (Å²) in [5.41, 5.74) is 0.161. The third-order valence-electron chi connectivity index (χ3n) is 3.38. The van der Waals surface area contributed by atoms with Crippen molar-refractivity contribution in [1.82, 2.24) is 5.32 Å². The average Bonchev–Trinajstić information content (AvgIpc) is 2.53. The van der Waals surface area contributed by atoms with Gasteiger partial charge in [0.15, 0.2) is 0 Å². The molecular weight excluding hydrogens is 320 g/mol. The summed E-state index contributed by atoms with van der Waals surface area (Å²) in [6, 6.07) is 8.13. The van der Waals surface area contributed by atoms with Crippen molar-refractivity contribution in [3.63, 3.8) is 0 Å². The quantitative estimate of drug-likeness (QED) is 0.851. The summed E-state index contributed by atoms with van der Waals surface area (Å²) in [6.07, 6.45) is -0.388. The molecule has 2 rings (SSSR count). The fraction of sp³-hybridized carbons (Fsp3) is 0.176. The SMILES string of the molecule is COc1ccc([C@@H](CC(=O)O)NC(=O)c2ccc(F)cc2F)cc1. The number of methoxy groups -OCH3 is 1. The van der Waals surface area contributed by atoms with Gasteiger partial charge in [0.25, 0.3) is 5.91 Å². The molecule has 2 aromatic rings. The zero-order chi connectivity index (χ0) is 17.7. The summed E-state index contributed by atoms with van der Waals surface area (Å²) >= 11 is 0. The van der Waals surface area contributed by atoms with Gasteiger partial charge in [-0.2, -0.15) is 0 Å². The molecule has 0 aliphatic heterocycles. The van der Waals surface area contributed by atoms with E-state index in [0.717, 1.165) is 12.1 Å². The molecule has 24 heavy (non-hydrogen) atoms. The van der Waals surface area contributed by atoms with Gasteiger partial charge in [0.05, 0.1) is 25.1 Å². The van der Waals surface area contributed by atoms with Crippen molar-refractivity contribution in [3.05, 3.63) is 65.2 Å². The van der Waals surface area contributed by atoms with Gasteiger partial charge in [0.2, 0.25) is 0 Å². The van der Waals surface area contributed by atoms with Crippen LogP contribution >= 0.6 is 0 Å². The van der Waals surface area contributed by atoms with Gasteiger partial charge in [-0.05, 0) is 29.8 Å². The van der Waals surface area contributed by atoms with E-state index in [1.165, 1.54) is 7.11 Å². The van der Waals surface area contributed by atoms with Crippen LogP contribution in [0, 0.1) is 11.6 Å². The van der Waals surface area contributed by atoms with E-state index >= 15 is 0 Å². The van der Waals surface area contributed by atoms with Gasteiger partial charge in [0.1, 0.15) is 17.4 Å². The van der Waals surface area contributed by atoms with Gasteiger partial charge in [-0.15, -0.1) is 0 Å². The van der Waals surface area contributed by atoms with Crippen molar-refractivity contribution in [3.8, 4) is 5.75 Å². The minimum atomic E-state index is -1.13. The highest BCUT2D eigenvalue weighted by atomic mass is 19.1. The van der Waals surface area contributed by atoms with Crippen LogP contribution < -0.4 is 10.1 Å². The summed E-state index contributed by atoms with van der Waals surface area (Å²) in [6.45, 7) is 0. The maximum atomic E-state index is 13.7. The Kier molecular flexibility index (Phi) is 5.47. The Balaban J connectivity index is 2.24. The molecule has 0 unspecified atom stereocenters. The Hall–Kier alpha value is -2.96. The number of carbonyl (C=O) groups excluding carboxylic acids is 1. The summed E-state index contributed by atoms with van der Waals surface area (Å²) in [4.78, 5) is 23.2. The van der Waals surface area contributed by atoms with Crippen molar-refractivity contribution < 1.29 is 28.2 Å². The summed E-state index contributed by atoms with van der Waals surface area (Å²) < 4.78 is 31.6. The molecule has 0 heterocycles. The number of rotatable bonds is 6. The number of hydrogen-bond donors (Lipinski definition) is 2. The average molecular weight is 335 g/mol. The number of halogens is 2. The Labute approximate surface area is 136 Å². The molecule has 7 heteroatoms. The number of nitrogens with one attached hydrogen (secondary N) is 1. The summed E-state index contributed by atoms with van der Waals surface area (Å²) in [5.74, 6) is -3.20. The Bertz CT molecular complexity index is 747. The molecule has 126 valence electrons. The lowest BCUT2D eigenvalue weighted by Crippen LogP contribution is -2.30. The number of amides is 1. The van der Waals surface area contributed by atoms with Gasteiger partial charge in [-0.1, -0.05) is 12.1 Å². The molecule has 5 nitrogen and oxygen atoms in total. The first-order chi connectivity index (χ1) is 11.4. The van der Waals surface area contributed by atoms with Gasteiger partial charge in [-0.25, -0.2) is 8.78 Å². The molecule has 0 bridgehead atoms. The van der Waals surface area contributed by atoms with E-state index in [-0.39, 0.29) is 12.0 Å². The maximum Gasteiger partial charge on any atom is 0.305 e. The second-order valence-electron chi connectivity index (χ2n) is 5.02. The van der Waals surface area contributed by atoms with E-state index in [0.29, 0.717) is 17.4 Å².